The van der Waals surface area contributed by atoms with Crippen LogP contribution in [0.25, 0.3) is 27.5 Å². The van der Waals surface area contributed by atoms with E-state index in [4.69, 9.17) is 9.84 Å². The Kier molecular flexibility index (Phi) is 10.0. The monoisotopic (exact) mass is 797 g/mol. The Morgan fingerprint density at radius 3 is 2.51 bits per heavy atom. The van der Waals surface area contributed by atoms with E-state index in [1.54, 1.807) is 28.9 Å². The van der Waals surface area contributed by atoms with Crippen molar-refractivity contribution >= 4 is 56.8 Å². The Balaban J connectivity index is 0.696. The molecule has 0 bridgehead atoms. The van der Waals surface area contributed by atoms with Gasteiger partial charge in [-0.05, 0) is 107 Å². The number of nitrogens with one attached hydrogen (secondary N) is 2. The molecule has 4 amide bonds. The maximum Gasteiger partial charge on any atom is 0.328 e. The number of anilines is 2. The number of nitrogens with zero attached hydrogens (tertiary/aromatic N) is 9. The first-order valence-corrected chi connectivity index (χ1v) is 21.2. The van der Waals surface area contributed by atoms with Crippen LogP contribution in [0.4, 0.5) is 16.3 Å². The number of likely N-dealkylation sites (tertiary alicyclic amines) is 2. The summed E-state index contributed by atoms with van der Waals surface area (Å²) in [7, 11) is 1.58. The summed E-state index contributed by atoms with van der Waals surface area (Å²) < 4.78 is 11.8. The predicted octanol–water partition coefficient (Wildman–Crippen LogP) is 6.27. The second-order valence-corrected chi connectivity index (χ2v) is 16.8. The molecule has 1 aliphatic carbocycles. The van der Waals surface area contributed by atoms with E-state index in [-0.39, 0.29) is 17.8 Å². The lowest BCUT2D eigenvalue weighted by Crippen LogP contribution is -2.49. The van der Waals surface area contributed by atoms with Crippen molar-refractivity contribution in [1.29, 1.82) is 0 Å². The number of hydrogen-bond donors (Lipinski definition) is 2. The highest BCUT2D eigenvalue weighted by molar-refractivity contribution is 6.10. The van der Waals surface area contributed by atoms with Crippen molar-refractivity contribution in [2.75, 3.05) is 56.6 Å². The Bertz CT molecular complexity index is 2520. The lowest BCUT2D eigenvalue weighted by molar-refractivity contribution is -0.120. The largest absolute Gasteiger partial charge is 0.496 e. The summed E-state index contributed by atoms with van der Waals surface area (Å²) in [6, 6.07) is 16.7. The first kappa shape index (κ1) is 37.5. The summed E-state index contributed by atoms with van der Waals surface area (Å²) >= 11 is 0. The minimum Gasteiger partial charge on any atom is -0.496 e. The number of benzene rings is 2. The summed E-state index contributed by atoms with van der Waals surface area (Å²) in [6.07, 6.45) is 17.1. The molecular weight excluding hydrogens is 747 g/mol. The molecule has 0 spiro atoms. The number of methoxy groups -OCH3 is 1. The number of amides is 4. The zero-order chi connectivity index (χ0) is 40.0. The van der Waals surface area contributed by atoms with E-state index in [1.807, 2.05) is 36.4 Å². The highest BCUT2D eigenvalue weighted by atomic mass is 16.5. The van der Waals surface area contributed by atoms with Gasteiger partial charge in [-0.2, -0.15) is 14.7 Å². The summed E-state index contributed by atoms with van der Waals surface area (Å²) in [5, 5.41) is 16.6. The van der Waals surface area contributed by atoms with Crippen LogP contribution in [0.15, 0.2) is 73.3 Å². The molecule has 0 atom stereocenters. The van der Waals surface area contributed by atoms with E-state index in [0.29, 0.717) is 59.8 Å². The van der Waals surface area contributed by atoms with Gasteiger partial charge in [0, 0.05) is 80.1 Å². The van der Waals surface area contributed by atoms with Gasteiger partial charge in [-0.1, -0.05) is 6.07 Å². The topological polar surface area (TPSA) is 147 Å². The van der Waals surface area contributed by atoms with Crippen LogP contribution in [0.5, 0.6) is 5.75 Å². The van der Waals surface area contributed by atoms with Crippen LogP contribution in [0.2, 0.25) is 0 Å². The minimum absolute atomic E-state index is 0.212. The third-order valence-corrected chi connectivity index (χ3v) is 13.4. The number of carbonyl (C=O) groups excluding carboxylic acids is 3. The molecular formula is C44H51N11O4. The van der Waals surface area contributed by atoms with Crippen LogP contribution in [0.3, 0.4) is 0 Å². The average Bonchev–Trinajstić information content (AvgIpc) is 4.01. The van der Waals surface area contributed by atoms with E-state index >= 15 is 0 Å². The van der Waals surface area contributed by atoms with E-state index in [1.165, 1.54) is 45.3 Å². The molecule has 2 N–H and O–H groups in total. The smallest absolute Gasteiger partial charge is 0.328 e. The number of carbonyl (C=O) groups is 3. The van der Waals surface area contributed by atoms with Crippen molar-refractivity contribution in [3.05, 3.63) is 78.9 Å². The second kappa shape index (κ2) is 15.8. The normalized spacial score (nSPS) is 21.7. The van der Waals surface area contributed by atoms with Crippen LogP contribution >= 0.6 is 0 Å². The molecule has 59 heavy (non-hydrogen) atoms. The molecule has 1 saturated carbocycles. The highest BCUT2D eigenvalue weighted by Gasteiger charge is 2.32. The van der Waals surface area contributed by atoms with Crippen molar-refractivity contribution in [2.24, 2.45) is 5.92 Å². The van der Waals surface area contributed by atoms with Crippen LogP contribution in [0.1, 0.15) is 80.2 Å². The molecule has 0 radical (unpaired) electrons. The van der Waals surface area contributed by atoms with Gasteiger partial charge in [0.25, 0.3) is 5.91 Å². The molecule has 0 unspecified atom stereocenters. The van der Waals surface area contributed by atoms with E-state index in [2.05, 4.69) is 64.3 Å². The summed E-state index contributed by atoms with van der Waals surface area (Å²) in [5.41, 5.74) is 3.94. The second-order valence-electron chi connectivity index (χ2n) is 16.8. The minimum atomic E-state index is -0.338. The quantitative estimate of drug-likeness (QED) is 0.173. The summed E-state index contributed by atoms with van der Waals surface area (Å²) in [6.45, 7) is 6.14. The molecule has 3 aliphatic heterocycles. The van der Waals surface area contributed by atoms with Gasteiger partial charge in [0.1, 0.15) is 5.75 Å². The van der Waals surface area contributed by atoms with Crippen molar-refractivity contribution in [2.45, 2.75) is 75.9 Å². The molecule has 6 aromatic rings. The zero-order valence-electron chi connectivity index (χ0n) is 33.5. The van der Waals surface area contributed by atoms with Gasteiger partial charge >= 0.3 is 6.03 Å². The zero-order valence-corrected chi connectivity index (χ0v) is 33.5. The van der Waals surface area contributed by atoms with Gasteiger partial charge in [-0.3, -0.25) is 24.5 Å². The summed E-state index contributed by atoms with van der Waals surface area (Å²) in [5.74, 6) is 1.18. The Morgan fingerprint density at radius 1 is 0.898 bits per heavy atom. The fraction of sp³-hybridized carbons (Fsp3) is 0.455. The molecule has 2 aromatic carbocycles. The van der Waals surface area contributed by atoms with Gasteiger partial charge in [-0.15, -0.1) is 0 Å². The molecule has 15 heteroatoms. The van der Waals surface area contributed by atoms with Crippen LogP contribution in [-0.2, 0) is 4.79 Å². The number of hydrogen-bond acceptors (Lipinski definition) is 9. The number of imide groups is 1. The summed E-state index contributed by atoms with van der Waals surface area (Å²) in [4.78, 5) is 49.2. The molecule has 4 fully saturated rings. The fourth-order valence-corrected chi connectivity index (χ4v) is 10.2. The molecule has 3 saturated heterocycles. The van der Waals surface area contributed by atoms with Crippen molar-refractivity contribution in [3.8, 4) is 5.75 Å². The fourth-order valence-electron chi connectivity index (χ4n) is 10.2. The molecule has 306 valence electrons. The third-order valence-electron chi connectivity index (χ3n) is 13.4. The van der Waals surface area contributed by atoms with E-state index in [9.17, 15) is 14.4 Å². The SMILES string of the molecule is COc1cc2nn(C3CCC(CN4CCC(N5CCC(n6ccc7c(N8CCC(=O)NC8=O)cccc76)CC5)CC4)CC3)cc2cc1C(=O)Nc1cnc2cccnn12. The Hall–Kier alpha value is -5.80. The number of aromatic nitrogens is 6. The number of ether oxygens (including phenoxy) is 1. The van der Waals surface area contributed by atoms with Crippen LogP contribution in [-0.4, -0.2) is 109 Å². The number of fused-ring (bicyclic) bond motifs is 3. The van der Waals surface area contributed by atoms with Crippen molar-refractivity contribution in [3.63, 3.8) is 0 Å². The van der Waals surface area contributed by atoms with Gasteiger partial charge in [0.15, 0.2) is 11.5 Å². The molecule has 15 nitrogen and oxygen atoms in total. The molecule has 4 aliphatic rings. The first-order chi connectivity index (χ1) is 28.9. The standard InChI is InChI=1S/C44H51N11O4/c1-59-39-25-36-30(24-35(39)43(57)47-41-26-45-40-6-3-17-46-55(40)41)28-54(49-36)33-9-7-29(8-10-33)27-50-18-11-31(12-19-50)51-20-13-32(14-21-51)52-22-15-34-37(52)4-2-5-38(34)53-23-16-42(56)48-44(53)58/h2-6,15,17,22,24-26,28-29,31-33H,7-14,16,18-21,23,27H2,1H3,(H,47,57)(H,48,56,58). The first-order valence-electron chi connectivity index (χ1n) is 21.2. The Labute approximate surface area is 342 Å². The molecule has 4 aromatic heterocycles. The van der Waals surface area contributed by atoms with Crippen LogP contribution < -0.4 is 20.3 Å². The maximum atomic E-state index is 13.4. The van der Waals surface area contributed by atoms with Crippen molar-refractivity contribution < 1.29 is 19.1 Å². The molecule has 10 rings (SSSR count). The number of rotatable bonds is 9. The van der Waals surface area contributed by atoms with Gasteiger partial charge in [0.05, 0.1) is 41.6 Å². The lowest BCUT2D eigenvalue weighted by atomic mass is 9.85. The van der Waals surface area contributed by atoms with Crippen LogP contribution in [0, 0.1) is 5.92 Å². The number of piperidine rings is 2. The van der Waals surface area contributed by atoms with E-state index in [0.717, 1.165) is 66.3 Å². The average molecular weight is 798 g/mol. The highest BCUT2D eigenvalue weighted by Crippen LogP contribution is 2.37. The predicted molar refractivity (Wildman–Crippen MR) is 225 cm³/mol. The maximum absolute atomic E-state index is 13.4. The number of imidazole rings is 1. The Morgan fingerprint density at radius 2 is 1.71 bits per heavy atom. The van der Waals surface area contributed by atoms with Gasteiger partial charge < -0.3 is 24.4 Å². The van der Waals surface area contributed by atoms with E-state index < -0.39 is 0 Å². The third kappa shape index (κ3) is 7.30. The van der Waals surface area contributed by atoms with Gasteiger partial charge in [0.2, 0.25) is 5.91 Å². The molecule has 7 heterocycles. The lowest BCUT2D eigenvalue weighted by Gasteiger charge is -2.43. The van der Waals surface area contributed by atoms with Gasteiger partial charge in [-0.25, -0.2) is 9.78 Å². The van der Waals surface area contributed by atoms with Crippen molar-refractivity contribution in [1.82, 2.24) is 44.1 Å². The number of urea groups is 1.